The van der Waals surface area contributed by atoms with E-state index in [0.29, 0.717) is 18.4 Å². The molecule has 80 heavy (non-hydrogen) atoms. The van der Waals surface area contributed by atoms with Gasteiger partial charge in [-0.05, 0) is 54.2 Å². The lowest BCUT2D eigenvalue weighted by Gasteiger charge is -2.31. The predicted octanol–water partition coefficient (Wildman–Crippen LogP) is -1.09. The number of aromatic nitrogens is 1. The number of hydrogen-bond donors (Lipinski definition) is 12. The Balaban J connectivity index is 1.78. The number of carboxylic acids is 1. The summed E-state index contributed by atoms with van der Waals surface area (Å²) in [5.74, 6) is -8.97. The Morgan fingerprint density at radius 2 is 1.59 bits per heavy atom. The molecule has 7 amide bonds. The first kappa shape index (κ1) is 63.7. The Hall–Kier alpha value is -7.17. The van der Waals surface area contributed by atoms with Gasteiger partial charge in [0.05, 0.1) is 47.4 Å². The Morgan fingerprint density at radius 1 is 0.900 bits per heavy atom. The summed E-state index contributed by atoms with van der Waals surface area (Å²) in [6.45, 7) is 5.00. The number of Topliss-reactive ketones (excluding diaryl/α,β-unsaturated/α-hetero) is 3. The van der Waals surface area contributed by atoms with Gasteiger partial charge in [0.2, 0.25) is 41.2 Å². The highest BCUT2D eigenvalue weighted by atomic mass is 32.2. The van der Waals surface area contributed by atoms with E-state index in [0.717, 1.165) is 16.7 Å². The van der Waals surface area contributed by atoms with Crippen molar-refractivity contribution in [3.8, 4) is 30.4 Å². The summed E-state index contributed by atoms with van der Waals surface area (Å²) in [6, 6.07) is -6.30. The van der Waals surface area contributed by atoms with Gasteiger partial charge in [0.25, 0.3) is 5.91 Å². The first-order chi connectivity index (χ1) is 37.7. The van der Waals surface area contributed by atoms with Crippen molar-refractivity contribution >= 4 is 101 Å². The second-order valence-electron chi connectivity index (χ2n) is 19.8. The van der Waals surface area contributed by atoms with Crippen LogP contribution in [0.25, 0.3) is 10.9 Å². The van der Waals surface area contributed by atoms with E-state index >= 15 is 0 Å². The summed E-state index contributed by atoms with van der Waals surface area (Å²) < 4.78 is 21.8. The molecule has 2 bridgehead atoms. The van der Waals surface area contributed by atoms with Crippen molar-refractivity contribution in [2.24, 2.45) is 17.8 Å². The first-order valence-electron chi connectivity index (χ1n) is 25.6. The number of terminal acetylenes is 2. The van der Waals surface area contributed by atoms with Crippen LogP contribution in [0.5, 0.6) is 5.75 Å². The Kier molecular flexibility index (Phi) is 22.9. The van der Waals surface area contributed by atoms with Crippen LogP contribution in [0, 0.1) is 42.4 Å². The van der Waals surface area contributed by atoms with E-state index in [2.05, 4.69) is 46.7 Å². The van der Waals surface area contributed by atoms with Crippen molar-refractivity contribution in [2.75, 3.05) is 37.5 Å². The Bertz CT molecular complexity index is 2850. The van der Waals surface area contributed by atoms with Gasteiger partial charge in [-0.15, -0.1) is 24.6 Å². The molecule has 0 radical (unpaired) electrons. The molecule has 1 aromatic carbocycles. The van der Waals surface area contributed by atoms with Crippen LogP contribution < -0.4 is 42.0 Å². The number of aromatic amines is 1. The van der Waals surface area contributed by atoms with E-state index in [4.69, 9.17) is 17.6 Å². The van der Waals surface area contributed by atoms with Gasteiger partial charge < -0.3 is 71.8 Å². The highest BCUT2D eigenvalue weighted by Crippen LogP contribution is 2.40. The van der Waals surface area contributed by atoms with Crippen LogP contribution in [-0.4, -0.2) is 169 Å². The summed E-state index contributed by atoms with van der Waals surface area (Å²) >= 11 is 0.908. The molecule has 27 nitrogen and oxygen atoms in total. The lowest BCUT2D eigenvalue weighted by molar-refractivity contribution is -0.146. The van der Waals surface area contributed by atoms with Crippen LogP contribution in [0.4, 0.5) is 5.69 Å². The number of fused-ring (bicyclic) bond motifs is 5. The molecule has 0 spiro atoms. The molecule has 3 aliphatic heterocycles. The van der Waals surface area contributed by atoms with Crippen molar-refractivity contribution in [1.29, 1.82) is 0 Å². The number of phosphoric acid groups is 1. The number of anilines is 1. The zero-order chi connectivity index (χ0) is 59.2. The molecular formula is C51H66N9O18PS. The van der Waals surface area contributed by atoms with Gasteiger partial charge in [0, 0.05) is 55.9 Å². The second-order valence-corrected chi connectivity index (χ2v) is 22.0. The summed E-state index contributed by atoms with van der Waals surface area (Å²) in [4.78, 5) is 173. The Morgan fingerprint density at radius 3 is 2.23 bits per heavy atom. The molecule has 12 N–H and O–H groups in total. The second kappa shape index (κ2) is 28.8. The van der Waals surface area contributed by atoms with Crippen LogP contribution >= 0.6 is 19.6 Å². The van der Waals surface area contributed by atoms with E-state index in [-0.39, 0.29) is 59.7 Å². The van der Waals surface area contributed by atoms with E-state index < -0.39 is 177 Å². The number of aliphatic hydroxyl groups is 1. The largest absolute Gasteiger partial charge is 0.481 e. The highest BCUT2D eigenvalue weighted by molar-refractivity contribution is 7.99. The SMILES string of the molecule is C#CC(=O)CC(NC(=O)C#C)C(=O)Nc1cc2c3c([nH]c2cc1OCOP(=O)(O)O)SC[C@@H]1NC(=O)CCC(=O)[C@H]([C@@H](C)CC)NC(=O)CNC[C@@H](CC(=O)[C@H]([C@@H](C)CC)NC(=O)[C@@H]2C[C@@H](O)CN2C(=O)[C@H](CC(=O)O)NC1=O)C3. The smallest absolute Gasteiger partial charge is 0.472 e. The fourth-order valence-corrected chi connectivity index (χ4v) is 10.6. The van der Waals surface area contributed by atoms with Crippen molar-refractivity contribution in [3.05, 3.63) is 17.7 Å². The molecule has 2 aromatic rings. The topological polar surface area (TPSA) is 407 Å². The number of H-pyrrole nitrogens is 1. The number of ketones is 3. The van der Waals surface area contributed by atoms with Gasteiger partial charge in [-0.3, -0.25) is 52.7 Å². The van der Waals surface area contributed by atoms with E-state index in [1.807, 2.05) is 5.92 Å². The van der Waals surface area contributed by atoms with Gasteiger partial charge in [0.15, 0.2) is 18.4 Å². The third-order valence-corrected chi connectivity index (χ3v) is 15.5. The lowest BCUT2D eigenvalue weighted by Crippen LogP contribution is -2.58. The Labute approximate surface area is 463 Å². The van der Waals surface area contributed by atoms with Crippen LogP contribution in [0.15, 0.2) is 17.2 Å². The normalized spacial score (nSPS) is 24.2. The van der Waals surface area contributed by atoms with Gasteiger partial charge in [0.1, 0.15) is 29.9 Å². The maximum Gasteiger partial charge on any atom is 0.472 e. The average molecular weight is 1160 g/mol. The number of hydrogen-bond acceptors (Lipinski definition) is 17. The molecular weight excluding hydrogens is 1090 g/mol. The van der Waals surface area contributed by atoms with E-state index in [1.54, 1.807) is 33.6 Å². The number of ether oxygens (including phenoxy) is 1. The fourth-order valence-electron chi connectivity index (χ4n) is 9.32. The van der Waals surface area contributed by atoms with Crippen LogP contribution in [0.1, 0.15) is 84.6 Å². The van der Waals surface area contributed by atoms with Crippen LogP contribution in [-0.2, 0) is 68.2 Å². The minimum atomic E-state index is -5.16. The molecule has 434 valence electrons. The average Bonchev–Trinajstić information content (AvgIpc) is 4.11. The van der Waals surface area contributed by atoms with Gasteiger partial charge in [-0.2, -0.15) is 0 Å². The summed E-state index contributed by atoms with van der Waals surface area (Å²) in [5, 5.41) is 39.6. The molecule has 0 aliphatic carbocycles. The number of carbonyl (C=O) groups excluding carboxylic acids is 10. The molecule has 0 saturated carbocycles. The van der Waals surface area contributed by atoms with E-state index in [1.165, 1.54) is 12.1 Å². The maximum absolute atomic E-state index is 14.9. The summed E-state index contributed by atoms with van der Waals surface area (Å²) in [7, 11) is -5.16. The van der Waals surface area contributed by atoms with Crippen molar-refractivity contribution in [1.82, 2.24) is 41.8 Å². The molecule has 5 rings (SSSR count). The zero-order valence-electron chi connectivity index (χ0n) is 44.3. The summed E-state index contributed by atoms with van der Waals surface area (Å²) in [5.41, 5.74) is 0.249. The number of aliphatic hydroxyl groups excluding tert-OH is 1. The lowest BCUT2D eigenvalue weighted by atomic mass is 9.87. The third kappa shape index (κ3) is 17.7. The minimum Gasteiger partial charge on any atom is -0.481 e. The number of amides is 7. The number of aliphatic carboxylic acids is 1. The number of rotatable bonds is 15. The number of carboxylic acid groups (broad SMARTS) is 1. The zero-order valence-corrected chi connectivity index (χ0v) is 46.0. The number of benzene rings is 1. The van der Waals surface area contributed by atoms with Gasteiger partial charge >= 0.3 is 13.8 Å². The molecule has 1 unspecified atom stereocenters. The molecule has 1 fully saturated rings. The number of thioether (sulfide) groups is 1. The van der Waals surface area contributed by atoms with Gasteiger partial charge in [-0.1, -0.05) is 40.5 Å². The molecule has 10 atom stereocenters. The van der Waals surface area contributed by atoms with Crippen molar-refractivity contribution in [3.63, 3.8) is 0 Å². The standard InChI is InChI=1S/C51H66N9O18PS/c1-7-25(5)45-38(63)11-12-42(66)54-36-23-80-50-31(30-17-33(40(18-32(30)57-50)77-24-78-79(74,75)76)55-47(70)34(15-28(61)9-3)53-41(65)10-4)13-27(20-52-21-43(67)58-45)14-39(64)46(26(6)8-2)59-49(72)37-16-29(62)22-60(37)51(73)35(19-44(68)69)56-48(36)71/h3-4,17-18,25-27,29,34-37,45-46,52,57,62H,7-8,11-16,19-24H2,1-2,5-6H3,(H,53,65)(H,54,66)(H,55,70)(H,56,71)(H,58,67)(H,59,72)(H,68,69)(H2,74,75,76)/t25-,26-,27+,29+,34?,35-,36-,37-,45-,46-/m0/s1. The number of nitrogens with one attached hydrogen (secondary N) is 8. The minimum absolute atomic E-state index is 0.0908. The molecule has 3 aliphatic rings. The predicted molar refractivity (Wildman–Crippen MR) is 284 cm³/mol. The van der Waals surface area contributed by atoms with Crippen molar-refractivity contribution in [2.45, 2.75) is 133 Å². The molecule has 1 saturated heterocycles. The monoisotopic (exact) mass is 1160 g/mol. The quantitative estimate of drug-likeness (QED) is 0.0436. The third-order valence-electron chi connectivity index (χ3n) is 13.9. The van der Waals surface area contributed by atoms with Crippen molar-refractivity contribution < 1.29 is 86.6 Å². The maximum atomic E-state index is 14.9. The van der Waals surface area contributed by atoms with Gasteiger partial charge in [-0.25, -0.2) is 9.09 Å². The fraction of sp³-hybridized carbons (Fsp3) is 0.549. The molecule has 1 aromatic heterocycles. The van der Waals surface area contributed by atoms with Crippen LogP contribution in [0.3, 0.4) is 0 Å². The highest BCUT2D eigenvalue weighted by Gasteiger charge is 2.44. The molecule has 4 heterocycles. The first-order valence-corrected chi connectivity index (χ1v) is 28.1. The van der Waals surface area contributed by atoms with Crippen LogP contribution in [0.2, 0.25) is 0 Å². The number of nitrogens with zero attached hydrogens (tertiary/aromatic N) is 1. The summed E-state index contributed by atoms with van der Waals surface area (Å²) in [6.07, 6.45) is 6.62. The molecule has 29 heteroatoms. The van der Waals surface area contributed by atoms with E-state index in [9.17, 15) is 77.3 Å². The number of carbonyl (C=O) groups is 11. The number of phosphoric ester groups is 1.